The summed E-state index contributed by atoms with van der Waals surface area (Å²) in [6, 6.07) is 5.86. The molecule has 0 aliphatic heterocycles. The summed E-state index contributed by atoms with van der Waals surface area (Å²) in [6.07, 6.45) is 5.00. The van der Waals surface area contributed by atoms with Crippen LogP contribution in [0, 0.1) is 5.82 Å². The predicted molar refractivity (Wildman–Crippen MR) is 77.5 cm³/mol. The summed E-state index contributed by atoms with van der Waals surface area (Å²) in [5.41, 5.74) is 0.759. The average molecular weight is 335 g/mol. The number of hydrogen-bond acceptors (Lipinski definition) is 1. The van der Waals surface area contributed by atoms with Crippen LogP contribution in [-0.4, -0.2) is 23.4 Å². The maximum atomic E-state index is 13.8. The average Bonchev–Trinajstić information content (AvgIpc) is 2.85. The molecule has 0 saturated heterocycles. The summed E-state index contributed by atoms with van der Waals surface area (Å²) < 4.78 is 14.6. The van der Waals surface area contributed by atoms with Gasteiger partial charge in [-0.2, -0.15) is 0 Å². The molecule has 0 N–H and O–H groups in total. The van der Waals surface area contributed by atoms with Gasteiger partial charge in [0.25, 0.3) is 0 Å². The van der Waals surface area contributed by atoms with Gasteiger partial charge in [0, 0.05) is 35.0 Å². The summed E-state index contributed by atoms with van der Waals surface area (Å²) in [6.45, 7) is 1.50. The highest BCUT2D eigenvalue weighted by Crippen LogP contribution is 2.26. The van der Waals surface area contributed by atoms with E-state index in [1.165, 1.54) is 31.7 Å². The van der Waals surface area contributed by atoms with Crippen molar-refractivity contribution in [1.29, 1.82) is 0 Å². The smallest absolute Gasteiger partial charge is 0.128 e. The SMILES string of the molecule is Fc1cc(Br)ccc1CN(CCCl)C1CCCC1. The van der Waals surface area contributed by atoms with Crippen LogP contribution >= 0.6 is 27.5 Å². The minimum Gasteiger partial charge on any atom is -0.295 e. The number of hydrogen-bond donors (Lipinski definition) is 0. The molecule has 1 aromatic carbocycles. The number of rotatable bonds is 5. The van der Waals surface area contributed by atoms with Crippen molar-refractivity contribution < 1.29 is 4.39 Å². The van der Waals surface area contributed by atoms with Crippen molar-refractivity contribution in [1.82, 2.24) is 4.90 Å². The zero-order valence-corrected chi connectivity index (χ0v) is 12.7. The van der Waals surface area contributed by atoms with Crippen LogP contribution in [0.2, 0.25) is 0 Å². The predicted octanol–water partition coefficient (Wildman–Crippen LogP) is 4.57. The number of nitrogens with zero attached hydrogens (tertiary/aromatic N) is 1. The third-order valence-electron chi connectivity index (χ3n) is 3.60. The van der Waals surface area contributed by atoms with Crippen LogP contribution < -0.4 is 0 Å². The van der Waals surface area contributed by atoms with Crippen LogP contribution in [0.3, 0.4) is 0 Å². The molecule has 1 aliphatic rings. The lowest BCUT2D eigenvalue weighted by Crippen LogP contribution is -2.34. The molecule has 2 rings (SSSR count). The first kappa shape index (κ1) is 14.3. The van der Waals surface area contributed by atoms with E-state index in [0.29, 0.717) is 18.5 Å². The molecule has 0 bridgehead atoms. The molecule has 1 nitrogen and oxygen atoms in total. The quantitative estimate of drug-likeness (QED) is 0.713. The third-order valence-corrected chi connectivity index (χ3v) is 4.26. The van der Waals surface area contributed by atoms with E-state index >= 15 is 0 Å². The highest BCUT2D eigenvalue weighted by molar-refractivity contribution is 9.10. The first-order valence-electron chi connectivity index (χ1n) is 6.44. The molecule has 0 radical (unpaired) electrons. The van der Waals surface area contributed by atoms with E-state index in [1.807, 2.05) is 12.1 Å². The Bertz CT molecular complexity index is 393. The van der Waals surface area contributed by atoms with Crippen molar-refractivity contribution in [3.8, 4) is 0 Å². The monoisotopic (exact) mass is 333 g/mol. The van der Waals surface area contributed by atoms with Crippen molar-refractivity contribution in [3.63, 3.8) is 0 Å². The lowest BCUT2D eigenvalue weighted by molar-refractivity contribution is 0.199. The van der Waals surface area contributed by atoms with Gasteiger partial charge in [-0.15, -0.1) is 11.6 Å². The fourth-order valence-electron chi connectivity index (χ4n) is 2.64. The molecule has 0 amide bonds. The molecule has 1 fully saturated rings. The van der Waals surface area contributed by atoms with Gasteiger partial charge in [-0.3, -0.25) is 4.90 Å². The van der Waals surface area contributed by atoms with E-state index in [1.54, 1.807) is 0 Å². The molecule has 1 aromatic rings. The van der Waals surface area contributed by atoms with Gasteiger partial charge >= 0.3 is 0 Å². The molecule has 0 atom stereocenters. The normalized spacial score (nSPS) is 16.7. The van der Waals surface area contributed by atoms with Gasteiger partial charge in [-0.25, -0.2) is 4.39 Å². The Hall–Kier alpha value is -0.120. The Morgan fingerprint density at radius 1 is 1.33 bits per heavy atom. The highest BCUT2D eigenvalue weighted by Gasteiger charge is 2.22. The van der Waals surface area contributed by atoms with Crippen molar-refractivity contribution in [2.75, 3.05) is 12.4 Å². The van der Waals surface area contributed by atoms with E-state index in [0.717, 1.165) is 16.6 Å². The molecule has 0 aromatic heterocycles. The van der Waals surface area contributed by atoms with E-state index in [-0.39, 0.29) is 5.82 Å². The summed E-state index contributed by atoms with van der Waals surface area (Å²) in [4.78, 5) is 2.33. The van der Waals surface area contributed by atoms with E-state index in [4.69, 9.17) is 11.6 Å². The maximum absolute atomic E-state index is 13.8. The second kappa shape index (κ2) is 6.88. The van der Waals surface area contributed by atoms with E-state index in [2.05, 4.69) is 20.8 Å². The minimum atomic E-state index is -0.137. The van der Waals surface area contributed by atoms with Gasteiger partial charge in [-0.05, 0) is 25.0 Å². The molecule has 0 heterocycles. The van der Waals surface area contributed by atoms with Crippen LogP contribution in [0.5, 0.6) is 0 Å². The molecule has 1 saturated carbocycles. The van der Waals surface area contributed by atoms with Gasteiger partial charge in [-0.1, -0.05) is 34.8 Å². The Morgan fingerprint density at radius 2 is 2.06 bits per heavy atom. The second-order valence-corrected chi connectivity index (χ2v) is 6.13. The zero-order valence-electron chi connectivity index (χ0n) is 10.3. The van der Waals surface area contributed by atoms with Crippen molar-refractivity contribution in [3.05, 3.63) is 34.1 Å². The van der Waals surface area contributed by atoms with E-state index in [9.17, 15) is 4.39 Å². The topological polar surface area (TPSA) is 3.24 Å². The number of alkyl halides is 1. The van der Waals surface area contributed by atoms with Crippen molar-refractivity contribution in [2.45, 2.75) is 38.3 Å². The fourth-order valence-corrected chi connectivity index (χ4v) is 3.19. The number of benzene rings is 1. The molecule has 18 heavy (non-hydrogen) atoms. The molecular formula is C14H18BrClFN. The van der Waals surface area contributed by atoms with E-state index < -0.39 is 0 Å². The van der Waals surface area contributed by atoms with Gasteiger partial charge < -0.3 is 0 Å². The number of halogens is 3. The lowest BCUT2D eigenvalue weighted by atomic mass is 10.1. The van der Waals surface area contributed by atoms with Gasteiger partial charge in [0.1, 0.15) is 5.82 Å². The molecule has 0 unspecified atom stereocenters. The van der Waals surface area contributed by atoms with Crippen molar-refractivity contribution in [2.24, 2.45) is 0 Å². The molecule has 0 spiro atoms. The largest absolute Gasteiger partial charge is 0.295 e. The Labute approximate surface area is 121 Å². The standard InChI is InChI=1S/C14H18BrClFN/c15-12-6-5-11(14(17)9-12)10-18(8-7-16)13-3-1-2-4-13/h5-6,9,13H,1-4,7-8,10H2. The summed E-state index contributed by atoms with van der Waals surface area (Å²) in [5.74, 6) is 0.469. The first-order chi connectivity index (χ1) is 8.70. The van der Waals surface area contributed by atoms with Crippen molar-refractivity contribution >= 4 is 27.5 Å². The maximum Gasteiger partial charge on any atom is 0.128 e. The first-order valence-corrected chi connectivity index (χ1v) is 7.77. The van der Waals surface area contributed by atoms with Crippen LogP contribution in [-0.2, 0) is 6.54 Å². The Morgan fingerprint density at radius 3 is 2.67 bits per heavy atom. The van der Waals surface area contributed by atoms with Crippen LogP contribution in [0.1, 0.15) is 31.2 Å². The van der Waals surface area contributed by atoms with Gasteiger partial charge in [0.2, 0.25) is 0 Å². The third kappa shape index (κ3) is 3.69. The second-order valence-electron chi connectivity index (χ2n) is 4.83. The molecule has 1 aliphatic carbocycles. The summed E-state index contributed by atoms with van der Waals surface area (Å²) in [5, 5.41) is 0. The fraction of sp³-hybridized carbons (Fsp3) is 0.571. The molecular weight excluding hydrogens is 317 g/mol. The molecule has 100 valence electrons. The van der Waals surface area contributed by atoms with Crippen LogP contribution in [0.25, 0.3) is 0 Å². The lowest BCUT2D eigenvalue weighted by Gasteiger charge is -2.28. The minimum absolute atomic E-state index is 0.137. The van der Waals surface area contributed by atoms with Gasteiger partial charge in [0.05, 0.1) is 0 Å². The van der Waals surface area contributed by atoms with Gasteiger partial charge in [0.15, 0.2) is 0 Å². The Balaban J connectivity index is 2.07. The summed E-state index contributed by atoms with van der Waals surface area (Å²) >= 11 is 9.15. The van der Waals surface area contributed by atoms with Crippen LogP contribution in [0.4, 0.5) is 4.39 Å². The molecule has 4 heteroatoms. The van der Waals surface area contributed by atoms with Crippen LogP contribution in [0.15, 0.2) is 22.7 Å². The Kier molecular flexibility index (Phi) is 5.46. The highest BCUT2D eigenvalue weighted by atomic mass is 79.9. The zero-order chi connectivity index (χ0) is 13.0. The summed E-state index contributed by atoms with van der Waals surface area (Å²) in [7, 11) is 0.